The average molecular weight is 115 g/mol. The van der Waals surface area contributed by atoms with Crippen LogP contribution in [-0.2, 0) is 4.79 Å². The summed E-state index contributed by atoms with van der Waals surface area (Å²) >= 11 is 0. The van der Waals surface area contributed by atoms with Gasteiger partial charge >= 0.3 is 5.97 Å². The van der Waals surface area contributed by atoms with Gasteiger partial charge in [0.2, 0.25) is 0 Å². The molecule has 0 amide bonds. The molecule has 0 aliphatic heterocycles. The van der Waals surface area contributed by atoms with Crippen LogP contribution in [0, 0.1) is 5.92 Å². The van der Waals surface area contributed by atoms with E-state index in [4.69, 9.17) is 10.8 Å². The molecule has 3 heteroatoms. The maximum Gasteiger partial charge on any atom is 0.306 e. The van der Waals surface area contributed by atoms with Crippen LogP contribution >= 0.6 is 0 Å². The molecule has 3 nitrogen and oxygen atoms in total. The molecular formula is C5H9NO2. The van der Waals surface area contributed by atoms with E-state index < -0.39 is 5.97 Å². The second-order valence-corrected chi connectivity index (χ2v) is 2.27. The van der Waals surface area contributed by atoms with Crippen molar-refractivity contribution in [3.63, 3.8) is 0 Å². The molecule has 0 aromatic carbocycles. The van der Waals surface area contributed by atoms with Crippen LogP contribution in [0.15, 0.2) is 0 Å². The predicted molar refractivity (Wildman–Crippen MR) is 28.3 cm³/mol. The Bertz CT molecular complexity index is 107. The molecule has 1 aliphatic carbocycles. The largest absolute Gasteiger partial charge is 0.481 e. The average Bonchev–Trinajstić information content (AvgIpc) is 1.57. The van der Waals surface area contributed by atoms with Gasteiger partial charge in [-0.3, -0.25) is 4.79 Å². The van der Waals surface area contributed by atoms with E-state index in [1.54, 1.807) is 0 Å². The Morgan fingerprint density at radius 2 is 2.12 bits per heavy atom. The summed E-state index contributed by atoms with van der Waals surface area (Å²) in [6, 6.07) is 0.149. The SMILES string of the molecule is N[C@H]1C[C@@H](C(=O)O)C1. The molecule has 46 valence electrons. The summed E-state index contributed by atoms with van der Waals surface area (Å²) in [6.07, 6.45) is 1.32. The lowest BCUT2D eigenvalue weighted by Gasteiger charge is -2.28. The molecule has 1 aliphatic rings. The molecule has 0 heterocycles. The van der Waals surface area contributed by atoms with Crippen LogP contribution in [-0.4, -0.2) is 17.1 Å². The lowest BCUT2D eigenvalue weighted by atomic mass is 9.81. The fraction of sp³-hybridized carbons (Fsp3) is 0.800. The molecule has 1 rings (SSSR count). The fourth-order valence-corrected chi connectivity index (χ4v) is 0.864. The van der Waals surface area contributed by atoms with Crippen LogP contribution < -0.4 is 5.73 Å². The highest BCUT2D eigenvalue weighted by molar-refractivity contribution is 5.71. The first-order valence-electron chi connectivity index (χ1n) is 2.68. The van der Waals surface area contributed by atoms with E-state index in [2.05, 4.69) is 0 Å². The first-order chi connectivity index (χ1) is 3.70. The summed E-state index contributed by atoms with van der Waals surface area (Å²) in [5, 5.41) is 8.30. The third-order valence-corrected chi connectivity index (χ3v) is 1.52. The van der Waals surface area contributed by atoms with Gasteiger partial charge < -0.3 is 10.8 Å². The number of hydrogen-bond donors (Lipinski definition) is 2. The Morgan fingerprint density at radius 3 is 2.25 bits per heavy atom. The topological polar surface area (TPSA) is 63.3 Å². The van der Waals surface area contributed by atoms with Gasteiger partial charge in [-0.25, -0.2) is 0 Å². The molecule has 0 aromatic heterocycles. The predicted octanol–water partition coefficient (Wildman–Crippen LogP) is -0.192. The van der Waals surface area contributed by atoms with Gasteiger partial charge in [0.05, 0.1) is 5.92 Å². The van der Waals surface area contributed by atoms with E-state index in [-0.39, 0.29) is 12.0 Å². The number of carboxylic acid groups (broad SMARTS) is 1. The summed E-state index contributed by atoms with van der Waals surface area (Å²) in [4.78, 5) is 10.1. The molecule has 0 aromatic rings. The van der Waals surface area contributed by atoms with Gasteiger partial charge in [-0.2, -0.15) is 0 Å². The normalized spacial score (nSPS) is 36.1. The van der Waals surface area contributed by atoms with Crippen molar-refractivity contribution < 1.29 is 9.90 Å². The maximum atomic E-state index is 10.1. The van der Waals surface area contributed by atoms with Crippen LogP contribution in [0.25, 0.3) is 0 Å². The number of aliphatic carboxylic acids is 1. The third-order valence-electron chi connectivity index (χ3n) is 1.52. The van der Waals surface area contributed by atoms with Gasteiger partial charge in [0.1, 0.15) is 0 Å². The number of rotatable bonds is 1. The number of carboxylic acids is 1. The van der Waals surface area contributed by atoms with Crippen molar-refractivity contribution in [3.8, 4) is 0 Å². The van der Waals surface area contributed by atoms with E-state index >= 15 is 0 Å². The van der Waals surface area contributed by atoms with Crippen molar-refractivity contribution in [2.75, 3.05) is 0 Å². The zero-order chi connectivity index (χ0) is 6.15. The van der Waals surface area contributed by atoms with Crippen molar-refractivity contribution in [3.05, 3.63) is 0 Å². The zero-order valence-electron chi connectivity index (χ0n) is 4.50. The Hall–Kier alpha value is -0.570. The molecule has 8 heavy (non-hydrogen) atoms. The highest BCUT2D eigenvalue weighted by Gasteiger charge is 2.31. The highest BCUT2D eigenvalue weighted by atomic mass is 16.4. The van der Waals surface area contributed by atoms with Gasteiger partial charge in [0.25, 0.3) is 0 Å². The molecule has 1 saturated carbocycles. The summed E-state index contributed by atoms with van der Waals surface area (Å²) in [7, 11) is 0. The second-order valence-electron chi connectivity index (χ2n) is 2.27. The van der Waals surface area contributed by atoms with Crippen LogP contribution in [0.4, 0.5) is 0 Å². The highest BCUT2D eigenvalue weighted by Crippen LogP contribution is 2.24. The molecule has 0 bridgehead atoms. The van der Waals surface area contributed by atoms with Gasteiger partial charge in [-0.1, -0.05) is 0 Å². The number of carbonyl (C=O) groups is 1. The van der Waals surface area contributed by atoms with Crippen molar-refractivity contribution in [1.82, 2.24) is 0 Å². The second kappa shape index (κ2) is 1.74. The summed E-state index contributed by atoms with van der Waals surface area (Å²) in [5.74, 6) is -0.850. The van der Waals surface area contributed by atoms with Gasteiger partial charge in [-0.05, 0) is 12.8 Å². The summed E-state index contributed by atoms with van der Waals surface area (Å²) in [6.45, 7) is 0. The smallest absolute Gasteiger partial charge is 0.306 e. The van der Waals surface area contributed by atoms with E-state index in [1.165, 1.54) is 0 Å². The summed E-state index contributed by atoms with van der Waals surface area (Å²) in [5.41, 5.74) is 5.34. The minimum atomic E-state index is -0.702. The van der Waals surface area contributed by atoms with Gasteiger partial charge in [-0.15, -0.1) is 0 Å². The molecule has 0 unspecified atom stereocenters. The van der Waals surface area contributed by atoms with Crippen LogP contribution in [0.2, 0.25) is 0 Å². The van der Waals surface area contributed by atoms with Crippen LogP contribution in [0.3, 0.4) is 0 Å². The van der Waals surface area contributed by atoms with Gasteiger partial charge in [0.15, 0.2) is 0 Å². The first kappa shape index (κ1) is 5.56. The molecule has 0 atom stereocenters. The zero-order valence-corrected chi connectivity index (χ0v) is 4.50. The van der Waals surface area contributed by atoms with Crippen molar-refractivity contribution in [1.29, 1.82) is 0 Å². The lowest BCUT2D eigenvalue weighted by molar-refractivity contribution is -0.145. The Balaban J connectivity index is 2.25. The fourth-order valence-electron chi connectivity index (χ4n) is 0.864. The quantitative estimate of drug-likeness (QED) is 0.497. The number of nitrogens with two attached hydrogens (primary N) is 1. The van der Waals surface area contributed by atoms with E-state index in [0.29, 0.717) is 12.8 Å². The summed E-state index contributed by atoms with van der Waals surface area (Å²) < 4.78 is 0. The van der Waals surface area contributed by atoms with Crippen LogP contribution in [0.1, 0.15) is 12.8 Å². The van der Waals surface area contributed by atoms with E-state index in [1.807, 2.05) is 0 Å². The van der Waals surface area contributed by atoms with E-state index in [0.717, 1.165) is 0 Å². The molecule has 3 N–H and O–H groups in total. The van der Waals surface area contributed by atoms with E-state index in [9.17, 15) is 4.79 Å². The van der Waals surface area contributed by atoms with Gasteiger partial charge in [0, 0.05) is 6.04 Å². The lowest BCUT2D eigenvalue weighted by Crippen LogP contribution is -2.40. The minimum Gasteiger partial charge on any atom is -0.481 e. The number of hydrogen-bond acceptors (Lipinski definition) is 2. The maximum absolute atomic E-state index is 10.1. The Kier molecular flexibility index (Phi) is 1.21. The Morgan fingerprint density at radius 1 is 1.62 bits per heavy atom. The van der Waals surface area contributed by atoms with Crippen molar-refractivity contribution >= 4 is 5.97 Å². The minimum absolute atomic E-state index is 0.148. The molecule has 0 saturated heterocycles. The first-order valence-corrected chi connectivity index (χ1v) is 2.68. The standard InChI is InChI=1S/C5H9NO2/c6-4-1-3(2-4)5(7)8/h3-4H,1-2,6H2,(H,7,8)/t3-,4+. The Labute approximate surface area is 47.5 Å². The third kappa shape index (κ3) is 0.816. The molecule has 0 radical (unpaired) electrons. The van der Waals surface area contributed by atoms with Crippen LogP contribution in [0.5, 0.6) is 0 Å². The monoisotopic (exact) mass is 115 g/mol. The molecule has 0 spiro atoms. The molecule has 1 fully saturated rings. The molecular weight excluding hydrogens is 106 g/mol. The van der Waals surface area contributed by atoms with Crippen molar-refractivity contribution in [2.45, 2.75) is 18.9 Å². The van der Waals surface area contributed by atoms with Crippen molar-refractivity contribution in [2.24, 2.45) is 11.7 Å².